The Hall–Kier alpha value is -3.28. The van der Waals surface area contributed by atoms with Gasteiger partial charge in [-0.15, -0.1) is 0 Å². The first-order valence-corrected chi connectivity index (χ1v) is 12.9. The van der Waals surface area contributed by atoms with Gasteiger partial charge in [-0.3, -0.25) is 14.8 Å². The number of aromatic nitrogens is 2. The van der Waals surface area contributed by atoms with Crippen molar-refractivity contribution < 1.29 is 13.3 Å². The molecule has 3 aromatic rings. The average Bonchev–Trinajstić information content (AvgIpc) is 3.14. The predicted octanol–water partition coefficient (Wildman–Crippen LogP) is 3.00. The number of sulfonamides is 1. The Morgan fingerprint density at radius 2 is 1.74 bits per heavy atom. The van der Waals surface area contributed by atoms with Gasteiger partial charge in [-0.05, 0) is 50.2 Å². The van der Waals surface area contributed by atoms with Gasteiger partial charge >= 0.3 is 0 Å². The smallest absolute Gasteiger partial charge is 0.293 e. The number of benzene rings is 2. The molecule has 0 spiro atoms. The highest BCUT2D eigenvalue weighted by atomic mass is 32.2. The second kappa shape index (κ2) is 10.1. The maximum absolute atomic E-state index is 13.0. The first-order valence-electron chi connectivity index (χ1n) is 11.4. The SMILES string of the molecule is Cc1cc(C)n(Cc2cccc(CNc3ccc(S(=O)(=O)N4CCN(C)CC4)cc3[N+](=O)[O-])c2)n1. The van der Waals surface area contributed by atoms with E-state index in [1.807, 2.05) is 60.8 Å². The van der Waals surface area contributed by atoms with Crippen molar-refractivity contribution in [3.8, 4) is 0 Å². The minimum absolute atomic E-state index is 0.0637. The van der Waals surface area contributed by atoms with E-state index >= 15 is 0 Å². The fourth-order valence-electron chi connectivity index (χ4n) is 4.19. The van der Waals surface area contributed by atoms with E-state index in [1.165, 1.54) is 16.4 Å². The van der Waals surface area contributed by atoms with Crippen molar-refractivity contribution in [2.75, 3.05) is 38.5 Å². The first-order chi connectivity index (χ1) is 16.6. The van der Waals surface area contributed by atoms with Crippen LogP contribution in [0.15, 0.2) is 53.4 Å². The lowest BCUT2D eigenvalue weighted by molar-refractivity contribution is -0.384. The number of rotatable bonds is 8. The summed E-state index contributed by atoms with van der Waals surface area (Å²) in [6, 6.07) is 14.0. The lowest BCUT2D eigenvalue weighted by Gasteiger charge is -2.31. The lowest BCUT2D eigenvalue weighted by Crippen LogP contribution is -2.47. The van der Waals surface area contributed by atoms with Gasteiger partial charge in [0.15, 0.2) is 0 Å². The third-order valence-electron chi connectivity index (χ3n) is 6.18. The highest BCUT2D eigenvalue weighted by Crippen LogP contribution is 2.30. The zero-order valence-corrected chi connectivity index (χ0v) is 21.0. The standard InChI is InChI=1S/C24H30N6O4S/c1-18-13-19(2)29(26-18)17-21-6-4-5-20(14-21)16-25-23-8-7-22(15-24(23)30(31)32)35(33,34)28-11-9-27(3)10-12-28/h4-8,13-15,25H,9-12,16-17H2,1-3H3. The van der Waals surface area contributed by atoms with E-state index in [0.717, 1.165) is 28.6 Å². The van der Waals surface area contributed by atoms with Crippen LogP contribution in [0.5, 0.6) is 0 Å². The highest BCUT2D eigenvalue weighted by molar-refractivity contribution is 7.89. The number of nitrogens with zero attached hydrogens (tertiary/aromatic N) is 5. The number of piperazine rings is 1. The first kappa shape index (κ1) is 24.8. The molecule has 35 heavy (non-hydrogen) atoms. The van der Waals surface area contributed by atoms with Crippen LogP contribution >= 0.6 is 0 Å². The summed E-state index contributed by atoms with van der Waals surface area (Å²) < 4.78 is 29.4. The Morgan fingerprint density at radius 1 is 1.03 bits per heavy atom. The van der Waals surface area contributed by atoms with Crippen LogP contribution in [0.4, 0.5) is 11.4 Å². The normalized spacial score (nSPS) is 15.3. The minimum atomic E-state index is -3.80. The van der Waals surface area contributed by atoms with Gasteiger partial charge in [0.25, 0.3) is 5.69 Å². The molecule has 0 atom stereocenters. The lowest BCUT2D eigenvalue weighted by atomic mass is 10.1. The molecule has 1 aromatic heterocycles. The number of anilines is 1. The van der Waals surface area contributed by atoms with Crippen LogP contribution in [-0.4, -0.2) is 65.6 Å². The van der Waals surface area contributed by atoms with Gasteiger partial charge in [-0.2, -0.15) is 9.40 Å². The van der Waals surface area contributed by atoms with Crippen LogP contribution in [0.2, 0.25) is 0 Å². The van der Waals surface area contributed by atoms with Gasteiger partial charge in [0.05, 0.1) is 22.1 Å². The van der Waals surface area contributed by atoms with Crippen molar-refractivity contribution in [1.29, 1.82) is 0 Å². The Kier molecular flexibility index (Phi) is 7.20. The molecule has 2 aromatic carbocycles. The van der Waals surface area contributed by atoms with Crippen LogP contribution in [0.3, 0.4) is 0 Å². The second-order valence-electron chi connectivity index (χ2n) is 8.90. The third-order valence-corrected chi connectivity index (χ3v) is 8.07. The number of nitro groups is 1. The maximum atomic E-state index is 13.0. The summed E-state index contributed by atoms with van der Waals surface area (Å²) in [5.74, 6) is 0. The minimum Gasteiger partial charge on any atom is -0.375 e. The summed E-state index contributed by atoms with van der Waals surface area (Å²) in [6.45, 7) is 6.93. The zero-order valence-electron chi connectivity index (χ0n) is 20.1. The molecule has 10 nitrogen and oxygen atoms in total. The zero-order chi connectivity index (χ0) is 25.2. The van der Waals surface area contributed by atoms with Crippen LogP contribution < -0.4 is 5.32 Å². The average molecular weight is 499 g/mol. The van der Waals surface area contributed by atoms with Crippen LogP contribution in [0, 0.1) is 24.0 Å². The molecule has 0 radical (unpaired) electrons. The van der Waals surface area contributed by atoms with E-state index in [4.69, 9.17) is 0 Å². The summed E-state index contributed by atoms with van der Waals surface area (Å²) in [7, 11) is -1.86. The number of aryl methyl sites for hydroxylation is 2. The van der Waals surface area contributed by atoms with Gasteiger partial charge in [0.2, 0.25) is 10.0 Å². The molecule has 0 amide bonds. The highest BCUT2D eigenvalue weighted by Gasteiger charge is 2.29. The van der Waals surface area contributed by atoms with Gasteiger partial charge in [0, 0.05) is 44.5 Å². The largest absolute Gasteiger partial charge is 0.375 e. The van der Waals surface area contributed by atoms with Gasteiger partial charge in [-0.1, -0.05) is 24.3 Å². The Labute approximate surface area is 205 Å². The molecule has 186 valence electrons. The summed E-state index contributed by atoms with van der Waals surface area (Å²) in [5, 5.41) is 19.4. The van der Waals surface area contributed by atoms with Gasteiger partial charge < -0.3 is 10.2 Å². The number of nitrogens with one attached hydrogen (secondary N) is 1. The monoisotopic (exact) mass is 498 g/mol. The number of nitro benzene ring substituents is 1. The fraction of sp³-hybridized carbons (Fsp3) is 0.375. The molecule has 1 N–H and O–H groups in total. The van der Waals surface area contributed by atoms with Crippen molar-refractivity contribution >= 4 is 21.4 Å². The number of hydrogen-bond donors (Lipinski definition) is 1. The van der Waals surface area contributed by atoms with E-state index in [9.17, 15) is 18.5 Å². The third kappa shape index (κ3) is 5.69. The summed E-state index contributed by atoms with van der Waals surface area (Å²) in [4.78, 5) is 13.2. The predicted molar refractivity (Wildman–Crippen MR) is 134 cm³/mol. The van der Waals surface area contributed by atoms with Crippen LogP contribution in [-0.2, 0) is 23.1 Å². The van der Waals surface area contributed by atoms with E-state index in [-0.39, 0.29) is 16.3 Å². The summed E-state index contributed by atoms with van der Waals surface area (Å²) in [5.41, 5.74) is 4.07. The van der Waals surface area contributed by atoms with E-state index in [0.29, 0.717) is 39.3 Å². The van der Waals surface area contributed by atoms with Crippen LogP contribution in [0.1, 0.15) is 22.5 Å². The molecule has 0 unspecified atom stereocenters. The topological polar surface area (TPSA) is 114 Å². The van der Waals surface area contributed by atoms with Crippen LogP contribution in [0.25, 0.3) is 0 Å². The Balaban J connectivity index is 1.50. The van der Waals surface area contributed by atoms with Crippen molar-refractivity contribution in [3.63, 3.8) is 0 Å². The quantitative estimate of drug-likeness (QED) is 0.375. The van der Waals surface area contributed by atoms with Gasteiger partial charge in [-0.25, -0.2) is 8.42 Å². The summed E-state index contributed by atoms with van der Waals surface area (Å²) in [6.07, 6.45) is 0. The van der Waals surface area contributed by atoms with E-state index in [2.05, 4.69) is 10.4 Å². The molecule has 1 fully saturated rings. The summed E-state index contributed by atoms with van der Waals surface area (Å²) >= 11 is 0. The molecule has 1 aliphatic rings. The second-order valence-corrected chi connectivity index (χ2v) is 10.8. The molecule has 1 saturated heterocycles. The molecule has 0 bridgehead atoms. The molecular weight excluding hydrogens is 468 g/mol. The van der Waals surface area contributed by atoms with Crippen molar-refractivity contribution in [3.05, 3.63) is 81.2 Å². The molecule has 0 saturated carbocycles. The van der Waals surface area contributed by atoms with E-state index < -0.39 is 14.9 Å². The van der Waals surface area contributed by atoms with E-state index in [1.54, 1.807) is 0 Å². The molecule has 0 aliphatic carbocycles. The maximum Gasteiger partial charge on any atom is 0.293 e. The molecule has 1 aliphatic heterocycles. The molecule has 4 rings (SSSR count). The van der Waals surface area contributed by atoms with Gasteiger partial charge in [0.1, 0.15) is 5.69 Å². The number of likely N-dealkylation sites (N-methyl/N-ethyl adjacent to an activating group) is 1. The van der Waals surface area contributed by atoms with Crippen molar-refractivity contribution in [2.45, 2.75) is 31.8 Å². The molecular formula is C24H30N6O4S. The molecule has 11 heteroatoms. The molecule has 2 heterocycles. The van der Waals surface area contributed by atoms with Crippen molar-refractivity contribution in [1.82, 2.24) is 19.0 Å². The number of hydrogen-bond acceptors (Lipinski definition) is 7. The van der Waals surface area contributed by atoms with Crippen molar-refractivity contribution in [2.24, 2.45) is 0 Å². The Bertz CT molecular complexity index is 1330. The Morgan fingerprint density at radius 3 is 2.40 bits per heavy atom. The fourth-order valence-corrected chi connectivity index (χ4v) is 5.64.